The summed E-state index contributed by atoms with van der Waals surface area (Å²) >= 11 is 0. The highest BCUT2D eigenvalue weighted by Gasteiger charge is 2.18. The van der Waals surface area contributed by atoms with Crippen molar-refractivity contribution < 1.29 is 14.3 Å². The van der Waals surface area contributed by atoms with E-state index in [1.807, 2.05) is 25.1 Å². The monoisotopic (exact) mass is 340 g/mol. The number of nitrogens with zero attached hydrogens (tertiary/aromatic N) is 1. The van der Waals surface area contributed by atoms with Gasteiger partial charge in [-0.15, -0.1) is 0 Å². The fourth-order valence-electron chi connectivity index (χ4n) is 2.77. The number of benzene rings is 1. The van der Waals surface area contributed by atoms with Gasteiger partial charge in [-0.25, -0.2) is 4.98 Å². The van der Waals surface area contributed by atoms with Crippen LogP contribution in [0.1, 0.15) is 35.7 Å². The van der Waals surface area contributed by atoms with Crippen LogP contribution in [0.3, 0.4) is 0 Å². The Balaban J connectivity index is 1.46. The van der Waals surface area contributed by atoms with Crippen LogP contribution in [-0.4, -0.2) is 36.3 Å². The Morgan fingerprint density at radius 3 is 2.84 bits per heavy atom. The van der Waals surface area contributed by atoms with Crippen molar-refractivity contribution >= 4 is 5.91 Å². The first-order chi connectivity index (χ1) is 12.2. The lowest BCUT2D eigenvalue weighted by atomic mass is 10.1. The fraction of sp³-hybridized carbons (Fsp3) is 0.400. The van der Waals surface area contributed by atoms with Crippen LogP contribution in [0.5, 0.6) is 5.88 Å². The van der Waals surface area contributed by atoms with Crippen molar-refractivity contribution in [2.75, 3.05) is 13.2 Å². The van der Waals surface area contributed by atoms with Crippen LogP contribution >= 0.6 is 0 Å². The van der Waals surface area contributed by atoms with Crippen LogP contribution in [0.25, 0.3) is 0 Å². The van der Waals surface area contributed by atoms with E-state index >= 15 is 0 Å². The maximum atomic E-state index is 12.3. The molecule has 1 aliphatic heterocycles. The number of amides is 1. The minimum atomic E-state index is -0.108. The number of rotatable bonds is 7. The Kier molecular flexibility index (Phi) is 6.01. The quantitative estimate of drug-likeness (QED) is 0.842. The summed E-state index contributed by atoms with van der Waals surface area (Å²) in [6, 6.07) is 13.9. The van der Waals surface area contributed by atoms with Crippen molar-refractivity contribution in [3.8, 4) is 5.88 Å². The van der Waals surface area contributed by atoms with E-state index in [-0.39, 0.29) is 18.1 Å². The van der Waals surface area contributed by atoms with E-state index in [0.29, 0.717) is 18.1 Å². The van der Waals surface area contributed by atoms with Gasteiger partial charge in [0.15, 0.2) is 0 Å². The first-order valence-corrected chi connectivity index (χ1v) is 8.76. The average molecular weight is 340 g/mol. The molecule has 1 aliphatic rings. The highest BCUT2D eigenvalue weighted by Crippen LogP contribution is 2.15. The number of carbonyl (C=O) groups is 1. The molecule has 5 heteroatoms. The Morgan fingerprint density at radius 1 is 1.32 bits per heavy atom. The van der Waals surface area contributed by atoms with E-state index in [1.165, 1.54) is 5.56 Å². The third kappa shape index (κ3) is 5.29. The molecule has 1 saturated heterocycles. The summed E-state index contributed by atoms with van der Waals surface area (Å²) in [6.45, 7) is 3.35. The highest BCUT2D eigenvalue weighted by molar-refractivity contribution is 5.94. The Bertz CT molecular complexity index is 667. The lowest BCUT2D eigenvalue weighted by Crippen LogP contribution is -2.33. The van der Waals surface area contributed by atoms with Gasteiger partial charge >= 0.3 is 0 Å². The Hall–Kier alpha value is -2.40. The molecule has 1 aromatic carbocycles. The second-order valence-electron chi connectivity index (χ2n) is 6.39. The second kappa shape index (κ2) is 8.62. The van der Waals surface area contributed by atoms with Gasteiger partial charge in [-0.1, -0.05) is 30.3 Å². The molecule has 132 valence electrons. The summed E-state index contributed by atoms with van der Waals surface area (Å²) in [7, 11) is 0. The number of nitrogens with one attached hydrogen (secondary N) is 1. The van der Waals surface area contributed by atoms with E-state index in [1.54, 1.807) is 18.3 Å². The lowest BCUT2D eigenvalue weighted by molar-refractivity contribution is 0.0937. The molecule has 0 spiro atoms. The van der Waals surface area contributed by atoms with Gasteiger partial charge in [0.1, 0.15) is 6.10 Å². The van der Waals surface area contributed by atoms with Gasteiger partial charge in [-0.05, 0) is 31.4 Å². The molecule has 25 heavy (non-hydrogen) atoms. The third-order valence-corrected chi connectivity index (χ3v) is 4.26. The number of carbonyl (C=O) groups excluding carboxylic acids is 1. The Labute approximate surface area is 148 Å². The minimum Gasteiger partial charge on any atom is -0.472 e. The zero-order valence-corrected chi connectivity index (χ0v) is 14.5. The maximum Gasteiger partial charge on any atom is 0.253 e. The molecular weight excluding hydrogens is 316 g/mol. The maximum absolute atomic E-state index is 12.3. The van der Waals surface area contributed by atoms with Gasteiger partial charge in [0.2, 0.25) is 5.88 Å². The van der Waals surface area contributed by atoms with E-state index < -0.39 is 0 Å². The smallest absolute Gasteiger partial charge is 0.253 e. The predicted octanol–water partition coefficient (Wildman–Crippen LogP) is 3.00. The number of aryl methyl sites for hydroxylation is 1. The number of aromatic nitrogens is 1. The average Bonchev–Trinajstić information content (AvgIpc) is 3.14. The summed E-state index contributed by atoms with van der Waals surface area (Å²) in [4.78, 5) is 16.5. The molecule has 0 saturated carbocycles. The van der Waals surface area contributed by atoms with E-state index in [2.05, 4.69) is 22.4 Å². The summed E-state index contributed by atoms with van der Waals surface area (Å²) in [6.07, 6.45) is 4.33. The molecule has 1 fully saturated rings. The van der Waals surface area contributed by atoms with Gasteiger partial charge < -0.3 is 14.8 Å². The third-order valence-electron chi connectivity index (χ3n) is 4.26. The molecule has 0 bridgehead atoms. The molecule has 1 N–H and O–H groups in total. The van der Waals surface area contributed by atoms with Crippen molar-refractivity contribution in [3.05, 3.63) is 59.8 Å². The molecule has 3 rings (SSSR count). The van der Waals surface area contributed by atoms with E-state index in [0.717, 1.165) is 25.9 Å². The van der Waals surface area contributed by atoms with Gasteiger partial charge in [0, 0.05) is 24.7 Å². The Morgan fingerprint density at radius 2 is 2.16 bits per heavy atom. The van der Waals surface area contributed by atoms with E-state index in [4.69, 9.17) is 9.47 Å². The summed E-state index contributed by atoms with van der Waals surface area (Å²) < 4.78 is 11.0. The summed E-state index contributed by atoms with van der Waals surface area (Å²) in [5.41, 5.74) is 1.82. The molecule has 5 nitrogen and oxygen atoms in total. The van der Waals surface area contributed by atoms with Crippen LogP contribution < -0.4 is 10.1 Å². The first-order valence-electron chi connectivity index (χ1n) is 8.76. The van der Waals surface area contributed by atoms with Crippen LogP contribution in [-0.2, 0) is 11.2 Å². The van der Waals surface area contributed by atoms with Crippen molar-refractivity contribution in [2.24, 2.45) is 0 Å². The highest BCUT2D eigenvalue weighted by atomic mass is 16.5. The topological polar surface area (TPSA) is 60.5 Å². The number of ether oxygens (including phenoxy) is 2. The van der Waals surface area contributed by atoms with Crippen molar-refractivity contribution in [1.82, 2.24) is 10.3 Å². The summed E-state index contributed by atoms with van der Waals surface area (Å²) in [5.74, 6) is 0.424. The molecule has 0 aliphatic carbocycles. The summed E-state index contributed by atoms with van der Waals surface area (Å²) in [5, 5.41) is 3.02. The van der Waals surface area contributed by atoms with Crippen LogP contribution in [0, 0.1) is 0 Å². The zero-order valence-electron chi connectivity index (χ0n) is 14.5. The molecule has 2 heterocycles. The van der Waals surface area contributed by atoms with Crippen LogP contribution in [0.15, 0.2) is 48.7 Å². The largest absolute Gasteiger partial charge is 0.472 e. The number of hydrogen-bond acceptors (Lipinski definition) is 4. The van der Waals surface area contributed by atoms with E-state index in [9.17, 15) is 4.79 Å². The van der Waals surface area contributed by atoms with Gasteiger partial charge in [0.25, 0.3) is 5.91 Å². The van der Waals surface area contributed by atoms with Crippen molar-refractivity contribution in [3.63, 3.8) is 0 Å². The molecular formula is C20H24N2O3. The van der Waals surface area contributed by atoms with Crippen molar-refractivity contribution in [2.45, 2.75) is 38.3 Å². The second-order valence-corrected chi connectivity index (χ2v) is 6.39. The molecule has 1 aromatic heterocycles. The zero-order chi connectivity index (χ0) is 17.5. The van der Waals surface area contributed by atoms with Gasteiger partial charge in [-0.3, -0.25) is 4.79 Å². The molecule has 2 aromatic rings. The number of pyridine rings is 1. The first kappa shape index (κ1) is 17.4. The minimum absolute atomic E-state index is 0.0604. The molecule has 2 atom stereocenters. The normalized spacial score (nSPS) is 17.9. The van der Waals surface area contributed by atoms with Crippen molar-refractivity contribution in [1.29, 1.82) is 0 Å². The lowest BCUT2D eigenvalue weighted by Gasteiger charge is -2.14. The fourth-order valence-corrected chi connectivity index (χ4v) is 2.77. The predicted molar refractivity (Wildman–Crippen MR) is 95.8 cm³/mol. The number of hydrogen-bond donors (Lipinski definition) is 1. The molecule has 2 unspecified atom stereocenters. The molecule has 0 radical (unpaired) electrons. The van der Waals surface area contributed by atoms with Gasteiger partial charge in [0.05, 0.1) is 18.8 Å². The standard InChI is InChI=1S/C20H24N2O3/c1-15(7-8-16-5-3-2-4-6-16)22-20(23)17-9-10-19(21-13-17)25-18-11-12-24-14-18/h2-6,9-10,13,15,18H,7-8,11-12,14H2,1H3,(H,22,23). The van der Waals surface area contributed by atoms with Gasteiger partial charge in [-0.2, -0.15) is 0 Å². The SMILES string of the molecule is CC(CCc1ccccc1)NC(=O)c1ccc(OC2CCOC2)nc1. The van der Waals surface area contributed by atoms with Crippen LogP contribution in [0.4, 0.5) is 0 Å². The van der Waals surface area contributed by atoms with Crippen LogP contribution in [0.2, 0.25) is 0 Å². The molecule has 1 amide bonds.